The average Bonchev–Trinajstić information content (AvgIpc) is 2.15. The van der Waals surface area contributed by atoms with Gasteiger partial charge in [-0.15, -0.1) is 0 Å². The zero-order valence-electron chi connectivity index (χ0n) is 8.83. The summed E-state index contributed by atoms with van der Waals surface area (Å²) >= 11 is 0. The van der Waals surface area contributed by atoms with Gasteiger partial charge in [0.2, 0.25) is 0 Å². The monoisotopic (exact) mass is 250 g/mol. The number of benzene rings is 1. The molecule has 1 N–H and O–H groups in total. The number of rotatable bonds is 3. The molecule has 94 valence electrons. The van der Waals surface area contributed by atoms with E-state index in [1.165, 1.54) is 12.1 Å². The molecule has 0 aliphatic carbocycles. The van der Waals surface area contributed by atoms with Crippen LogP contribution in [0.2, 0.25) is 0 Å². The molecule has 1 aromatic carbocycles. The molecule has 0 radical (unpaired) electrons. The van der Waals surface area contributed by atoms with Crippen molar-refractivity contribution in [1.82, 2.24) is 0 Å². The smallest absolute Gasteiger partial charge is 0.392 e. The lowest BCUT2D eigenvalue weighted by atomic mass is 9.87. The van der Waals surface area contributed by atoms with Crippen LogP contribution in [-0.2, 0) is 4.79 Å². The van der Waals surface area contributed by atoms with Crippen molar-refractivity contribution in [3.63, 3.8) is 0 Å². The first-order chi connectivity index (χ1) is 7.73. The molecule has 2 atom stereocenters. The van der Waals surface area contributed by atoms with Gasteiger partial charge in [0.15, 0.2) is 0 Å². The highest BCUT2D eigenvalue weighted by molar-refractivity contribution is 5.76. The van der Waals surface area contributed by atoms with Gasteiger partial charge in [0.25, 0.3) is 0 Å². The molecule has 1 aromatic rings. The zero-order valence-corrected chi connectivity index (χ0v) is 8.83. The molecule has 0 amide bonds. The van der Waals surface area contributed by atoms with Crippen molar-refractivity contribution in [2.75, 3.05) is 0 Å². The third-order valence-electron chi connectivity index (χ3n) is 2.49. The van der Waals surface area contributed by atoms with Crippen LogP contribution < -0.4 is 0 Å². The molecule has 0 aliphatic heterocycles. The van der Waals surface area contributed by atoms with Gasteiger partial charge in [-0.25, -0.2) is 4.39 Å². The molecule has 0 saturated carbocycles. The zero-order chi connectivity index (χ0) is 13.2. The fourth-order valence-corrected chi connectivity index (χ4v) is 1.53. The van der Waals surface area contributed by atoms with Gasteiger partial charge < -0.3 is 5.11 Å². The third kappa shape index (κ3) is 3.18. The second kappa shape index (κ2) is 4.73. The number of alkyl halides is 3. The van der Waals surface area contributed by atoms with E-state index in [0.29, 0.717) is 0 Å². The normalized spacial score (nSPS) is 15.4. The van der Waals surface area contributed by atoms with E-state index in [2.05, 4.69) is 0 Å². The molecule has 2 unspecified atom stereocenters. The van der Waals surface area contributed by atoms with Gasteiger partial charge in [0.1, 0.15) is 5.82 Å². The van der Waals surface area contributed by atoms with Crippen LogP contribution in [-0.4, -0.2) is 17.3 Å². The van der Waals surface area contributed by atoms with E-state index in [0.717, 1.165) is 19.1 Å². The van der Waals surface area contributed by atoms with Crippen molar-refractivity contribution in [2.45, 2.75) is 19.0 Å². The van der Waals surface area contributed by atoms with Gasteiger partial charge in [0, 0.05) is 0 Å². The Hall–Kier alpha value is -1.59. The molecular weight excluding hydrogens is 240 g/mol. The number of aliphatic carboxylic acids is 1. The predicted octanol–water partition coefficient (Wildman–Crippen LogP) is 3.19. The summed E-state index contributed by atoms with van der Waals surface area (Å²) in [7, 11) is 0. The Bertz CT molecular complexity index is 414. The highest BCUT2D eigenvalue weighted by Crippen LogP contribution is 2.37. The van der Waals surface area contributed by atoms with Crippen LogP contribution in [0.15, 0.2) is 24.3 Å². The van der Waals surface area contributed by atoms with Crippen molar-refractivity contribution < 1.29 is 27.5 Å². The first-order valence-corrected chi connectivity index (χ1v) is 4.78. The molecule has 0 aromatic heterocycles. The van der Waals surface area contributed by atoms with E-state index in [-0.39, 0.29) is 5.56 Å². The minimum Gasteiger partial charge on any atom is -0.481 e. The van der Waals surface area contributed by atoms with Crippen LogP contribution in [0.4, 0.5) is 17.6 Å². The van der Waals surface area contributed by atoms with Crippen molar-refractivity contribution in [1.29, 1.82) is 0 Å². The quantitative estimate of drug-likeness (QED) is 0.836. The van der Waals surface area contributed by atoms with Gasteiger partial charge >= 0.3 is 12.1 Å². The minimum absolute atomic E-state index is 0.192. The van der Waals surface area contributed by atoms with E-state index in [9.17, 15) is 22.4 Å². The first-order valence-electron chi connectivity index (χ1n) is 4.78. The Labute approximate surface area is 94.9 Å². The molecule has 0 saturated heterocycles. The van der Waals surface area contributed by atoms with Crippen LogP contribution in [0.3, 0.4) is 0 Å². The largest absolute Gasteiger partial charge is 0.481 e. The van der Waals surface area contributed by atoms with Gasteiger partial charge in [0.05, 0.1) is 11.8 Å². The molecule has 0 aliphatic rings. The number of carbonyl (C=O) groups is 1. The summed E-state index contributed by atoms with van der Waals surface area (Å²) in [6.45, 7) is 0.768. The summed E-state index contributed by atoms with van der Waals surface area (Å²) in [4.78, 5) is 10.9. The van der Waals surface area contributed by atoms with E-state index in [1.54, 1.807) is 0 Å². The second-order valence-electron chi connectivity index (χ2n) is 3.70. The van der Waals surface area contributed by atoms with Gasteiger partial charge in [-0.2, -0.15) is 13.2 Å². The van der Waals surface area contributed by atoms with Crippen LogP contribution in [0.5, 0.6) is 0 Å². The fraction of sp³-hybridized carbons (Fsp3) is 0.364. The summed E-state index contributed by atoms with van der Waals surface area (Å²) in [5, 5.41) is 8.83. The van der Waals surface area contributed by atoms with Crippen LogP contribution >= 0.6 is 0 Å². The van der Waals surface area contributed by atoms with Crippen molar-refractivity contribution in [3.05, 3.63) is 35.6 Å². The lowest BCUT2D eigenvalue weighted by molar-refractivity contribution is -0.183. The number of hydrogen-bond donors (Lipinski definition) is 1. The molecule has 17 heavy (non-hydrogen) atoms. The van der Waals surface area contributed by atoms with Crippen molar-refractivity contribution >= 4 is 5.97 Å². The highest BCUT2D eigenvalue weighted by Gasteiger charge is 2.45. The summed E-state index contributed by atoms with van der Waals surface area (Å²) in [6, 6.07) is 4.20. The maximum atomic E-state index is 12.9. The third-order valence-corrected chi connectivity index (χ3v) is 2.49. The average molecular weight is 250 g/mol. The van der Waals surface area contributed by atoms with E-state index in [4.69, 9.17) is 5.11 Å². The molecule has 0 bridgehead atoms. The summed E-state index contributed by atoms with van der Waals surface area (Å²) in [6.07, 6.45) is -4.64. The number of carboxylic acids is 1. The van der Waals surface area contributed by atoms with Crippen LogP contribution in [0.1, 0.15) is 18.4 Å². The van der Waals surface area contributed by atoms with Crippen molar-refractivity contribution in [3.8, 4) is 0 Å². The van der Waals surface area contributed by atoms with Gasteiger partial charge in [-0.3, -0.25) is 4.79 Å². The molecule has 0 spiro atoms. The molecule has 0 heterocycles. The lowest BCUT2D eigenvalue weighted by Crippen LogP contribution is -2.31. The Kier molecular flexibility index (Phi) is 3.75. The summed E-state index contributed by atoms with van der Waals surface area (Å²) < 4.78 is 50.3. The number of carboxylic acid groups (broad SMARTS) is 1. The summed E-state index contributed by atoms with van der Waals surface area (Å²) in [5.74, 6) is -6.27. The maximum absolute atomic E-state index is 12.9. The SMILES string of the molecule is CC(C(C(=O)O)c1cccc(F)c1)C(F)(F)F. The minimum atomic E-state index is -4.64. The molecular formula is C11H10F4O2. The van der Waals surface area contributed by atoms with Gasteiger partial charge in [-0.1, -0.05) is 19.1 Å². The second-order valence-corrected chi connectivity index (χ2v) is 3.70. The predicted molar refractivity (Wildman–Crippen MR) is 52.0 cm³/mol. The first kappa shape index (κ1) is 13.5. The van der Waals surface area contributed by atoms with E-state index >= 15 is 0 Å². The van der Waals surface area contributed by atoms with Crippen LogP contribution in [0, 0.1) is 11.7 Å². The Balaban J connectivity index is 3.15. The Morgan fingerprint density at radius 3 is 2.35 bits per heavy atom. The lowest BCUT2D eigenvalue weighted by Gasteiger charge is -2.22. The Morgan fingerprint density at radius 2 is 1.94 bits per heavy atom. The van der Waals surface area contributed by atoms with E-state index < -0.39 is 29.8 Å². The number of halogens is 4. The fourth-order valence-electron chi connectivity index (χ4n) is 1.53. The summed E-state index contributed by atoms with van der Waals surface area (Å²) in [5.41, 5.74) is -0.192. The molecule has 0 fully saturated rings. The molecule has 1 rings (SSSR count). The molecule has 2 nitrogen and oxygen atoms in total. The van der Waals surface area contributed by atoms with E-state index in [1.807, 2.05) is 0 Å². The molecule has 6 heteroatoms. The standard InChI is InChI=1S/C11H10F4O2/c1-6(11(13,14)15)9(10(16)17)7-3-2-4-8(12)5-7/h2-6,9H,1H3,(H,16,17). The Morgan fingerprint density at radius 1 is 1.35 bits per heavy atom. The maximum Gasteiger partial charge on any atom is 0.392 e. The van der Waals surface area contributed by atoms with Crippen LogP contribution in [0.25, 0.3) is 0 Å². The highest BCUT2D eigenvalue weighted by atomic mass is 19.4. The number of hydrogen-bond acceptors (Lipinski definition) is 1. The van der Waals surface area contributed by atoms with Crippen molar-refractivity contribution in [2.24, 2.45) is 5.92 Å². The topological polar surface area (TPSA) is 37.3 Å². The van der Waals surface area contributed by atoms with Gasteiger partial charge in [-0.05, 0) is 17.7 Å².